The quantitative estimate of drug-likeness (QED) is 0.630. The van der Waals surface area contributed by atoms with Gasteiger partial charge in [-0.1, -0.05) is 63.2 Å². The Morgan fingerprint density at radius 2 is 1.83 bits per heavy atom. The van der Waals surface area contributed by atoms with Gasteiger partial charge >= 0.3 is 5.97 Å². The molecule has 0 aliphatic heterocycles. The highest BCUT2D eigenvalue weighted by Crippen LogP contribution is 2.25. The molecule has 148 valence electrons. The molecule has 0 atom stereocenters. The Bertz CT molecular complexity index is 1050. The third-order valence-electron chi connectivity index (χ3n) is 4.67. The lowest BCUT2D eigenvalue weighted by atomic mass is 9.96. The highest BCUT2D eigenvalue weighted by molar-refractivity contribution is 5.95. The van der Waals surface area contributed by atoms with E-state index in [-0.39, 0.29) is 5.41 Å². The lowest BCUT2D eigenvalue weighted by Crippen LogP contribution is -2.14. The minimum absolute atomic E-state index is 0.138. The smallest absolute Gasteiger partial charge is 0.336 e. The van der Waals surface area contributed by atoms with Crippen LogP contribution in [0.3, 0.4) is 0 Å². The number of rotatable bonds is 6. The molecule has 2 aromatic carbocycles. The van der Waals surface area contributed by atoms with E-state index in [1.807, 2.05) is 41.1 Å². The number of aromatic carboxylic acids is 1. The molecule has 0 aliphatic carbocycles. The lowest BCUT2D eigenvalue weighted by Gasteiger charge is -2.12. The van der Waals surface area contributed by atoms with Crippen LogP contribution in [0, 0.1) is 12.3 Å². The van der Waals surface area contributed by atoms with Crippen LogP contribution < -0.4 is 0 Å². The minimum Gasteiger partial charge on any atom is -0.478 e. The Morgan fingerprint density at radius 3 is 2.45 bits per heavy atom. The summed E-state index contributed by atoms with van der Waals surface area (Å²) in [6, 6.07) is 14.9. The molecule has 5 nitrogen and oxygen atoms in total. The first-order valence-electron chi connectivity index (χ1n) is 9.59. The average Bonchev–Trinajstić information content (AvgIpc) is 3.10. The van der Waals surface area contributed by atoms with E-state index in [1.54, 1.807) is 12.1 Å². The second kappa shape index (κ2) is 8.32. The summed E-state index contributed by atoms with van der Waals surface area (Å²) in [7, 11) is 0. The third kappa shape index (κ3) is 4.72. The fourth-order valence-electron chi connectivity index (χ4n) is 3.07. The molecule has 0 saturated heterocycles. The summed E-state index contributed by atoms with van der Waals surface area (Å²) < 4.78 is 1.91. The van der Waals surface area contributed by atoms with Crippen LogP contribution in [-0.4, -0.2) is 25.8 Å². The molecule has 3 rings (SSSR count). The van der Waals surface area contributed by atoms with Crippen LogP contribution in [0.5, 0.6) is 0 Å². The molecule has 1 aromatic heterocycles. The summed E-state index contributed by atoms with van der Waals surface area (Å²) >= 11 is 0. The second-order valence-electron chi connectivity index (χ2n) is 8.01. The molecule has 0 aliphatic rings. The number of terminal acetylenes is 1. The first-order chi connectivity index (χ1) is 13.8. The van der Waals surface area contributed by atoms with Crippen molar-refractivity contribution in [1.29, 1.82) is 0 Å². The fraction of sp³-hybridized carbons (Fsp3) is 0.292. The SMILES string of the molecule is C#CCCc1nc(C(C)(C)C)nn1Cc1ccc(-c2ccccc2C(=O)O)cc1. The summed E-state index contributed by atoms with van der Waals surface area (Å²) in [6.45, 7) is 6.86. The van der Waals surface area contributed by atoms with Gasteiger partial charge in [0.2, 0.25) is 0 Å². The molecule has 0 spiro atoms. The van der Waals surface area contributed by atoms with Crippen molar-refractivity contribution in [3.63, 3.8) is 0 Å². The molecular formula is C24H25N3O2. The third-order valence-corrected chi connectivity index (χ3v) is 4.67. The van der Waals surface area contributed by atoms with Crippen LogP contribution in [-0.2, 0) is 18.4 Å². The lowest BCUT2D eigenvalue weighted by molar-refractivity contribution is 0.0697. The van der Waals surface area contributed by atoms with Crippen LogP contribution in [0.1, 0.15) is 54.8 Å². The Balaban J connectivity index is 1.88. The predicted molar refractivity (Wildman–Crippen MR) is 114 cm³/mol. The molecule has 1 heterocycles. The maximum absolute atomic E-state index is 11.5. The Kier molecular flexibility index (Phi) is 5.84. The topological polar surface area (TPSA) is 68.0 Å². The number of nitrogens with zero attached hydrogens (tertiary/aromatic N) is 3. The van der Waals surface area contributed by atoms with Crippen molar-refractivity contribution in [2.24, 2.45) is 0 Å². The zero-order valence-corrected chi connectivity index (χ0v) is 17.0. The van der Waals surface area contributed by atoms with Gasteiger partial charge in [0.15, 0.2) is 5.82 Å². The minimum atomic E-state index is -0.930. The standard InChI is InChI=1S/C24H25N3O2/c1-5-6-11-21-25-23(24(2,3)4)26-27(21)16-17-12-14-18(15-13-17)19-9-7-8-10-20(19)22(28)29/h1,7-10,12-15H,6,11,16H2,2-4H3,(H,28,29). The molecule has 0 fully saturated rings. The van der Waals surface area contributed by atoms with Crippen molar-refractivity contribution in [2.75, 3.05) is 0 Å². The van der Waals surface area contributed by atoms with E-state index in [9.17, 15) is 9.90 Å². The van der Waals surface area contributed by atoms with Gasteiger partial charge in [0.05, 0.1) is 12.1 Å². The Morgan fingerprint density at radius 1 is 1.14 bits per heavy atom. The highest BCUT2D eigenvalue weighted by atomic mass is 16.4. The monoisotopic (exact) mass is 387 g/mol. The maximum Gasteiger partial charge on any atom is 0.336 e. The Hall–Kier alpha value is -3.39. The fourth-order valence-corrected chi connectivity index (χ4v) is 3.07. The van der Waals surface area contributed by atoms with Crippen LogP contribution in [0.2, 0.25) is 0 Å². The molecule has 3 aromatic rings. The number of hydrogen-bond acceptors (Lipinski definition) is 3. The molecule has 1 N–H and O–H groups in total. The summed E-state index contributed by atoms with van der Waals surface area (Å²) in [4.78, 5) is 16.2. The molecule has 29 heavy (non-hydrogen) atoms. The number of hydrogen-bond donors (Lipinski definition) is 1. The van der Waals surface area contributed by atoms with E-state index in [1.165, 1.54) is 0 Å². The number of carboxylic acid groups (broad SMARTS) is 1. The predicted octanol–water partition coefficient (Wildman–Crippen LogP) is 4.55. The van der Waals surface area contributed by atoms with Gasteiger partial charge in [0.25, 0.3) is 0 Å². The molecular weight excluding hydrogens is 362 g/mol. The van der Waals surface area contributed by atoms with E-state index in [2.05, 4.69) is 26.7 Å². The largest absolute Gasteiger partial charge is 0.478 e. The van der Waals surface area contributed by atoms with Gasteiger partial charge in [-0.25, -0.2) is 14.5 Å². The van der Waals surface area contributed by atoms with Crippen molar-refractivity contribution in [3.8, 4) is 23.5 Å². The zero-order valence-electron chi connectivity index (χ0n) is 17.0. The first-order valence-corrected chi connectivity index (χ1v) is 9.59. The van der Waals surface area contributed by atoms with Crippen LogP contribution >= 0.6 is 0 Å². The van der Waals surface area contributed by atoms with Gasteiger partial charge in [0, 0.05) is 18.3 Å². The van der Waals surface area contributed by atoms with Gasteiger partial charge in [-0.3, -0.25) is 0 Å². The second-order valence-corrected chi connectivity index (χ2v) is 8.01. The van der Waals surface area contributed by atoms with Crippen molar-refractivity contribution in [3.05, 3.63) is 71.3 Å². The molecule has 0 unspecified atom stereocenters. The van der Waals surface area contributed by atoms with Crippen LogP contribution in [0.15, 0.2) is 48.5 Å². The maximum atomic E-state index is 11.5. The van der Waals surface area contributed by atoms with Gasteiger partial charge in [-0.2, -0.15) is 5.10 Å². The van der Waals surface area contributed by atoms with Gasteiger partial charge in [-0.05, 0) is 22.8 Å². The van der Waals surface area contributed by atoms with Crippen molar-refractivity contribution in [2.45, 2.75) is 45.6 Å². The molecule has 0 radical (unpaired) electrons. The van der Waals surface area contributed by atoms with E-state index < -0.39 is 5.97 Å². The van der Waals surface area contributed by atoms with Gasteiger partial charge < -0.3 is 5.11 Å². The summed E-state index contributed by atoms with van der Waals surface area (Å²) in [5.41, 5.74) is 2.79. The van der Waals surface area contributed by atoms with E-state index in [0.717, 1.165) is 22.8 Å². The van der Waals surface area contributed by atoms with E-state index >= 15 is 0 Å². The Labute approximate surface area is 171 Å². The van der Waals surface area contributed by atoms with E-state index in [0.29, 0.717) is 30.5 Å². The van der Waals surface area contributed by atoms with Crippen molar-refractivity contribution in [1.82, 2.24) is 14.8 Å². The van der Waals surface area contributed by atoms with Crippen LogP contribution in [0.4, 0.5) is 0 Å². The number of carboxylic acids is 1. The highest BCUT2D eigenvalue weighted by Gasteiger charge is 2.21. The summed E-state index contributed by atoms with van der Waals surface area (Å²) in [6.07, 6.45) is 6.73. The molecule has 5 heteroatoms. The zero-order chi connectivity index (χ0) is 21.0. The summed E-state index contributed by atoms with van der Waals surface area (Å²) in [5, 5.41) is 14.1. The number of aromatic nitrogens is 3. The van der Waals surface area contributed by atoms with E-state index in [4.69, 9.17) is 16.5 Å². The van der Waals surface area contributed by atoms with Gasteiger partial charge in [-0.15, -0.1) is 12.3 Å². The number of benzene rings is 2. The molecule has 0 saturated carbocycles. The summed E-state index contributed by atoms with van der Waals surface area (Å²) in [5.74, 6) is 3.42. The average molecular weight is 387 g/mol. The normalized spacial score (nSPS) is 11.2. The molecule has 0 amide bonds. The van der Waals surface area contributed by atoms with Crippen LogP contribution in [0.25, 0.3) is 11.1 Å². The van der Waals surface area contributed by atoms with Crippen molar-refractivity contribution >= 4 is 5.97 Å². The van der Waals surface area contributed by atoms with Gasteiger partial charge in [0.1, 0.15) is 5.82 Å². The van der Waals surface area contributed by atoms with Crippen molar-refractivity contribution < 1.29 is 9.90 Å². The number of carbonyl (C=O) groups is 1. The number of aryl methyl sites for hydroxylation is 1. The first kappa shape index (κ1) is 20.3. The molecule has 0 bridgehead atoms.